The lowest BCUT2D eigenvalue weighted by Crippen LogP contribution is -2.30. The molecule has 47 heavy (non-hydrogen) atoms. The summed E-state index contributed by atoms with van der Waals surface area (Å²) in [4.78, 5) is 0. The van der Waals surface area contributed by atoms with Gasteiger partial charge in [0.25, 0.3) is 0 Å². The summed E-state index contributed by atoms with van der Waals surface area (Å²) in [6.07, 6.45) is 34.1. The molecule has 0 rings (SSSR count). The van der Waals surface area contributed by atoms with Crippen molar-refractivity contribution in [3.05, 3.63) is 4.13 Å². The average molecular weight is 786 g/mol. The number of sulfonamides is 2. The maximum atomic E-state index is 11.4. The van der Waals surface area contributed by atoms with Crippen molar-refractivity contribution in [3.63, 3.8) is 0 Å². The molecule has 16 heteroatoms. The number of alkyl halides is 6. The van der Waals surface area contributed by atoms with Crippen molar-refractivity contribution >= 4 is 45.8 Å². The molecule has 0 N–H and O–H groups in total. The molecule has 0 aliphatic carbocycles. The number of unbranched alkanes of at least 4 members (excludes halogenated alkanes) is 15. The van der Waals surface area contributed by atoms with E-state index in [1.165, 1.54) is 128 Å². The molecular weight excluding hydrogens is 723 g/mol. The van der Waals surface area contributed by atoms with Gasteiger partial charge in [-0.15, -0.1) is 0 Å². The molecule has 0 spiro atoms. The van der Waals surface area contributed by atoms with Crippen LogP contribution in [-0.2, 0) is 20.0 Å². The van der Waals surface area contributed by atoms with Crippen LogP contribution in [0.4, 0.5) is 26.3 Å². The number of nitrogens with zero attached hydrogens (tertiary/aromatic N) is 1. The molecule has 0 aliphatic heterocycles. The van der Waals surface area contributed by atoms with Crippen LogP contribution in [0.1, 0.15) is 143 Å². The molecule has 0 saturated heterocycles. The SMILES string of the molecule is CCCCCCCC[P+](CCCCCCCC)(CCCCCCCC)CCC[Si](C)(C)Cl.O=S(=O)([N-]S(=O)(=O)C(F)(F)F)C(F)(F)F. The first kappa shape index (κ1) is 49.5. The quantitative estimate of drug-likeness (QED) is 0.0273. The van der Waals surface area contributed by atoms with E-state index in [0.717, 1.165) is 4.13 Å². The molecule has 0 aliphatic rings. The first-order chi connectivity index (χ1) is 21.6. The summed E-state index contributed by atoms with van der Waals surface area (Å²) in [5.74, 6) is 0. The Bertz CT molecular complexity index is 913. The highest BCUT2D eigenvalue weighted by Crippen LogP contribution is 2.61. The summed E-state index contributed by atoms with van der Waals surface area (Å²) in [7, 11) is -15.7. The Morgan fingerprint density at radius 2 is 0.766 bits per heavy atom. The predicted octanol–water partition coefficient (Wildman–Crippen LogP) is 13.0. The fourth-order valence-electron chi connectivity index (χ4n) is 5.40. The van der Waals surface area contributed by atoms with Crippen LogP contribution >= 0.6 is 18.3 Å². The van der Waals surface area contributed by atoms with E-state index in [0.29, 0.717) is 0 Å². The summed E-state index contributed by atoms with van der Waals surface area (Å²) >= 11 is 6.74. The minimum absolute atomic E-state index is 0.778. The van der Waals surface area contributed by atoms with Gasteiger partial charge in [-0.1, -0.05) is 111 Å². The summed E-state index contributed by atoms with van der Waals surface area (Å²) in [5, 5.41) is 0. The molecule has 0 amide bonds. The van der Waals surface area contributed by atoms with Crippen LogP contribution in [-0.4, -0.2) is 59.9 Å². The molecular formula is C31H63ClF6NO4PS2Si. The zero-order valence-corrected chi connectivity index (χ0v) is 33.7. The lowest BCUT2D eigenvalue weighted by Gasteiger charge is -2.29. The van der Waals surface area contributed by atoms with Gasteiger partial charge >= 0.3 is 11.0 Å². The molecule has 0 heterocycles. The van der Waals surface area contributed by atoms with Crippen molar-refractivity contribution in [2.24, 2.45) is 0 Å². The van der Waals surface area contributed by atoms with Gasteiger partial charge in [-0.25, -0.2) is 16.8 Å². The van der Waals surface area contributed by atoms with Crippen molar-refractivity contribution in [1.82, 2.24) is 0 Å². The summed E-state index contributed by atoms with van der Waals surface area (Å²) < 4.78 is 109. The molecule has 0 unspecified atom stereocenters. The number of hydrogen-bond acceptors (Lipinski definition) is 4. The third-order valence-electron chi connectivity index (χ3n) is 8.14. The zero-order valence-electron chi connectivity index (χ0n) is 29.5. The summed E-state index contributed by atoms with van der Waals surface area (Å²) in [6.45, 7) is 11.7. The third-order valence-corrected chi connectivity index (χ3v) is 18.1. The average Bonchev–Trinajstić information content (AvgIpc) is 2.92. The molecule has 5 nitrogen and oxygen atoms in total. The molecule has 0 saturated carbocycles. The van der Waals surface area contributed by atoms with E-state index in [1.54, 1.807) is 24.6 Å². The smallest absolute Gasteiger partial charge is 0.421 e. The van der Waals surface area contributed by atoms with Crippen LogP contribution in [0.25, 0.3) is 4.13 Å². The van der Waals surface area contributed by atoms with E-state index in [2.05, 4.69) is 33.9 Å². The number of hydrogen-bond donors (Lipinski definition) is 0. The standard InChI is InChI=1S/C29H63ClPSi.C2F6NO4S2/c1-6-9-12-15-18-21-25-31(28-24-29-32(4,5)30,26-22-19-16-13-10-7-2)27-23-20-17-14-11-8-3;3-1(4,5)14(10,11)9-15(12,13)2(6,7)8/h6-29H2,1-5H3;/q+1;-1. The lowest BCUT2D eigenvalue weighted by molar-refractivity contribution is -0.0444. The van der Waals surface area contributed by atoms with Gasteiger partial charge in [0.15, 0.2) is 27.4 Å². The summed E-state index contributed by atoms with van der Waals surface area (Å²) in [5.41, 5.74) is -12.4. The second-order valence-corrected chi connectivity index (χ2v) is 28.2. The molecule has 0 radical (unpaired) electrons. The van der Waals surface area contributed by atoms with E-state index >= 15 is 0 Å². The minimum Gasteiger partial charge on any atom is -0.421 e. The van der Waals surface area contributed by atoms with E-state index in [4.69, 9.17) is 11.1 Å². The fraction of sp³-hybridized carbons (Fsp3) is 1.00. The monoisotopic (exact) mass is 785 g/mol. The van der Waals surface area contributed by atoms with E-state index < -0.39 is 45.7 Å². The third kappa shape index (κ3) is 25.9. The predicted molar refractivity (Wildman–Crippen MR) is 193 cm³/mol. The maximum absolute atomic E-state index is 11.4. The van der Waals surface area contributed by atoms with Crippen molar-refractivity contribution < 1.29 is 43.2 Å². The largest absolute Gasteiger partial charge is 0.480 e. The lowest BCUT2D eigenvalue weighted by atomic mass is 10.1. The topological polar surface area (TPSA) is 82.4 Å². The molecule has 0 bridgehead atoms. The van der Waals surface area contributed by atoms with Gasteiger partial charge in [-0.05, 0) is 51.0 Å². The molecule has 0 aromatic heterocycles. The molecule has 0 atom stereocenters. The molecule has 0 aromatic carbocycles. The normalized spacial score (nSPS) is 13.4. The highest BCUT2D eigenvalue weighted by Gasteiger charge is 2.47. The van der Waals surface area contributed by atoms with Crippen LogP contribution in [0, 0.1) is 0 Å². The van der Waals surface area contributed by atoms with E-state index in [-0.39, 0.29) is 0 Å². The Hall–Kier alpha value is 0.377. The first-order valence-corrected chi connectivity index (χ1v) is 27.1. The van der Waals surface area contributed by atoms with Gasteiger partial charge in [0.1, 0.15) is 0 Å². The maximum Gasteiger partial charge on any atom is 0.480 e. The Morgan fingerprint density at radius 1 is 0.511 bits per heavy atom. The Kier molecular flexibility index (Phi) is 26.7. The number of rotatable bonds is 27. The molecule has 0 fully saturated rings. The summed E-state index contributed by atoms with van der Waals surface area (Å²) in [6, 6.07) is 1.33. The Balaban J connectivity index is 0. The first-order valence-electron chi connectivity index (χ1n) is 17.5. The van der Waals surface area contributed by atoms with Crippen LogP contribution in [0.5, 0.6) is 0 Å². The van der Waals surface area contributed by atoms with Crippen LogP contribution in [0.15, 0.2) is 0 Å². The fourth-order valence-corrected chi connectivity index (χ4v) is 13.7. The van der Waals surface area contributed by atoms with Gasteiger partial charge in [0, 0.05) is 7.26 Å². The van der Waals surface area contributed by atoms with Crippen molar-refractivity contribution in [1.29, 1.82) is 0 Å². The van der Waals surface area contributed by atoms with Gasteiger partial charge in [-0.3, -0.25) is 0 Å². The van der Waals surface area contributed by atoms with Crippen molar-refractivity contribution in [2.75, 3.05) is 24.6 Å². The van der Waals surface area contributed by atoms with Gasteiger partial charge in [0.2, 0.25) is 0 Å². The minimum atomic E-state index is -6.72. The van der Waals surface area contributed by atoms with Gasteiger partial charge < -0.3 is 4.13 Å². The van der Waals surface area contributed by atoms with E-state index in [9.17, 15) is 43.2 Å². The van der Waals surface area contributed by atoms with Crippen LogP contribution in [0.2, 0.25) is 19.1 Å². The van der Waals surface area contributed by atoms with Crippen molar-refractivity contribution in [3.8, 4) is 0 Å². The highest BCUT2D eigenvalue weighted by molar-refractivity contribution is 8.13. The van der Waals surface area contributed by atoms with Crippen LogP contribution in [0.3, 0.4) is 0 Å². The van der Waals surface area contributed by atoms with Crippen molar-refractivity contribution in [2.45, 2.75) is 173 Å². The van der Waals surface area contributed by atoms with E-state index in [1.807, 2.05) is 0 Å². The Morgan fingerprint density at radius 3 is 1.02 bits per heavy atom. The molecule has 0 aromatic rings. The van der Waals surface area contributed by atoms with Crippen LogP contribution < -0.4 is 0 Å². The molecule has 286 valence electrons. The zero-order chi connectivity index (χ0) is 36.7. The second kappa shape index (κ2) is 25.3. The second-order valence-electron chi connectivity index (χ2n) is 13.3. The Labute approximate surface area is 289 Å². The highest BCUT2D eigenvalue weighted by atomic mass is 35.6. The van der Waals surface area contributed by atoms with Gasteiger partial charge in [0.05, 0.1) is 24.6 Å². The van der Waals surface area contributed by atoms with Gasteiger partial charge in [-0.2, -0.15) is 37.4 Å². The number of halogens is 7.